The second-order valence-electron chi connectivity index (χ2n) is 5.31. The summed E-state index contributed by atoms with van der Waals surface area (Å²) in [5.41, 5.74) is 1.38. The van der Waals surface area contributed by atoms with Crippen LogP contribution in [-0.4, -0.2) is 19.9 Å². The van der Waals surface area contributed by atoms with Gasteiger partial charge in [0.05, 0.1) is 15.5 Å². The van der Waals surface area contributed by atoms with Gasteiger partial charge in [-0.3, -0.25) is 14.4 Å². The Balaban J connectivity index is 2.65. The normalized spacial score (nSPS) is 11.3. The fourth-order valence-electron chi connectivity index (χ4n) is 2.42. The van der Waals surface area contributed by atoms with E-state index < -0.39 is 14.9 Å². The molecule has 8 heteroatoms. The van der Waals surface area contributed by atoms with Crippen molar-refractivity contribution in [2.75, 3.05) is 10.8 Å². The number of hydrogen-bond donors (Lipinski definition) is 0. The Morgan fingerprint density at radius 1 is 1.12 bits per heavy atom. The van der Waals surface area contributed by atoms with Gasteiger partial charge in [0.25, 0.3) is 15.7 Å². The van der Waals surface area contributed by atoms with Gasteiger partial charge in [0.15, 0.2) is 0 Å². The molecule has 0 spiro atoms. The zero-order valence-electron chi connectivity index (χ0n) is 13.5. The number of sulfonamides is 1. The molecule has 0 bridgehead atoms. The topological polar surface area (TPSA) is 80.5 Å². The quantitative estimate of drug-likeness (QED) is 0.588. The summed E-state index contributed by atoms with van der Waals surface area (Å²) in [6, 6.07) is 8.80. The lowest BCUT2D eigenvalue weighted by Crippen LogP contribution is -2.32. The number of nitro benzene ring substituents is 1. The smallest absolute Gasteiger partial charge is 0.266 e. The third-order valence-corrected chi connectivity index (χ3v) is 5.94. The molecule has 24 heavy (non-hydrogen) atoms. The van der Waals surface area contributed by atoms with Gasteiger partial charge in [-0.2, -0.15) is 0 Å². The van der Waals surface area contributed by atoms with Crippen LogP contribution >= 0.6 is 11.6 Å². The molecule has 0 fully saturated rings. The molecule has 0 saturated carbocycles. The lowest BCUT2D eigenvalue weighted by Gasteiger charge is -2.25. The van der Waals surface area contributed by atoms with Gasteiger partial charge in [0, 0.05) is 23.7 Å². The number of anilines is 1. The largest absolute Gasteiger partial charge is 0.270 e. The molecule has 0 atom stereocenters. The van der Waals surface area contributed by atoms with Crippen molar-refractivity contribution >= 4 is 33.0 Å². The Bertz CT molecular complexity index is 897. The Hall–Kier alpha value is -2.12. The third kappa shape index (κ3) is 3.37. The van der Waals surface area contributed by atoms with Gasteiger partial charge >= 0.3 is 0 Å². The van der Waals surface area contributed by atoms with E-state index in [1.165, 1.54) is 16.4 Å². The van der Waals surface area contributed by atoms with Gasteiger partial charge < -0.3 is 0 Å². The van der Waals surface area contributed by atoms with Crippen molar-refractivity contribution in [1.82, 2.24) is 0 Å². The van der Waals surface area contributed by atoms with Crippen LogP contribution in [0, 0.1) is 24.0 Å². The van der Waals surface area contributed by atoms with Crippen molar-refractivity contribution in [3.63, 3.8) is 0 Å². The average Bonchev–Trinajstić information content (AvgIpc) is 2.51. The number of nitro groups is 1. The number of aryl methyl sites for hydroxylation is 2. The van der Waals surface area contributed by atoms with Crippen LogP contribution in [-0.2, 0) is 10.0 Å². The first-order chi connectivity index (χ1) is 11.2. The maximum Gasteiger partial charge on any atom is 0.270 e. The summed E-state index contributed by atoms with van der Waals surface area (Å²) in [4.78, 5) is 10.3. The van der Waals surface area contributed by atoms with E-state index in [0.29, 0.717) is 16.3 Å². The lowest BCUT2D eigenvalue weighted by molar-refractivity contribution is -0.385. The summed E-state index contributed by atoms with van der Waals surface area (Å²) in [6.45, 7) is 5.26. The minimum atomic E-state index is -3.96. The molecule has 0 saturated heterocycles. The van der Waals surface area contributed by atoms with Gasteiger partial charge in [0.1, 0.15) is 0 Å². The second kappa shape index (κ2) is 6.78. The van der Waals surface area contributed by atoms with Crippen LogP contribution in [0.3, 0.4) is 0 Å². The fraction of sp³-hybridized carbons (Fsp3) is 0.250. The molecule has 2 rings (SSSR count). The van der Waals surface area contributed by atoms with Crippen molar-refractivity contribution in [2.45, 2.75) is 25.7 Å². The van der Waals surface area contributed by atoms with E-state index >= 15 is 0 Å². The summed E-state index contributed by atoms with van der Waals surface area (Å²) < 4.78 is 27.4. The molecular formula is C16H17ClN2O4S. The van der Waals surface area contributed by atoms with Crippen molar-refractivity contribution in [3.8, 4) is 0 Å². The Labute approximate surface area is 145 Å². The zero-order valence-corrected chi connectivity index (χ0v) is 15.1. The van der Waals surface area contributed by atoms with Gasteiger partial charge in [-0.25, -0.2) is 8.42 Å². The Morgan fingerprint density at radius 3 is 2.33 bits per heavy atom. The van der Waals surface area contributed by atoms with E-state index in [9.17, 15) is 18.5 Å². The molecule has 6 nitrogen and oxygen atoms in total. The summed E-state index contributed by atoms with van der Waals surface area (Å²) in [5, 5.41) is 11.4. The lowest BCUT2D eigenvalue weighted by atomic mass is 10.2. The van der Waals surface area contributed by atoms with E-state index in [0.717, 1.165) is 11.6 Å². The van der Waals surface area contributed by atoms with Crippen LogP contribution in [0.25, 0.3) is 0 Å². The van der Waals surface area contributed by atoms with Crippen LogP contribution in [0.1, 0.15) is 18.1 Å². The molecule has 0 aliphatic rings. The SMILES string of the molecule is CCN(c1cc(Cl)ccc1C)S(=O)(=O)c1cc([N+](=O)[O-])ccc1C. The molecule has 0 radical (unpaired) electrons. The van der Waals surface area contributed by atoms with E-state index in [-0.39, 0.29) is 17.1 Å². The highest BCUT2D eigenvalue weighted by Gasteiger charge is 2.28. The predicted molar refractivity (Wildman–Crippen MR) is 94.2 cm³/mol. The first-order valence-electron chi connectivity index (χ1n) is 7.22. The highest BCUT2D eigenvalue weighted by Crippen LogP contribution is 2.31. The van der Waals surface area contributed by atoms with Crippen LogP contribution in [0.2, 0.25) is 5.02 Å². The maximum absolute atomic E-state index is 13.1. The van der Waals surface area contributed by atoms with Crippen LogP contribution in [0.5, 0.6) is 0 Å². The van der Waals surface area contributed by atoms with E-state index in [1.807, 2.05) is 0 Å². The van der Waals surface area contributed by atoms with Gasteiger partial charge in [0.2, 0.25) is 0 Å². The molecule has 0 aliphatic carbocycles. The molecule has 2 aromatic carbocycles. The molecule has 0 heterocycles. The Morgan fingerprint density at radius 2 is 1.75 bits per heavy atom. The standard InChI is InChI=1S/C16H17ClN2O4S/c1-4-18(15-9-13(17)7-5-11(15)2)24(22,23)16-10-14(19(20)21)8-6-12(16)3/h5-10H,4H2,1-3H3. The molecule has 128 valence electrons. The molecule has 0 aromatic heterocycles. The monoisotopic (exact) mass is 368 g/mol. The third-order valence-electron chi connectivity index (χ3n) is 3.68. The summed E-state index contributed by atoms with van der Waals surface area (Å²) >= 11 is 6.00. The first kappa shape index (κ1) is 18.2. The molecule has 0 N–H and O–H groups in total. The van der Waals surface area contributed by atoms with Gasteiger partial charge in [-0.15, -0.1) is 0 Å². The fourth-order valence-corrected chi connectivity index (χ4v) is 4.36. The molecule has 0 aliphatic heterocycles. The summed E-state index contributed by atoms with van der Waals surface area (Å²) in [7, 11) is -3.96. The summed E-state index contributed by atoms with van der Waals surface area (Å²) in [5.74, 6) is 0. The molecule has 2 aromatic rings. The first-order valence-corrected chi connectivity index (χ1v) is 9.04. The van der Waals surface area contributed by atoms with Crippen molar-refractivity contribution in [3.05, 3.63) is 62.7 Å². The van der Waals surface area contributed by atoms with E-state index in [2.05, 4.69) is 0 Å². The van der Waals surface area contributed by atoms with Crippen molar-refractivity contribution < 1.29 is 13.3 Å². The minimum absolute atomic E-state index is 0.0853. The summed E-state index contributed by atoms with van der Waals surface area (Å²) in [6.07, 6.45) is 0. The number of non-ortho nitro benzene ring substituents is 1. The molecule has 0 amide bonds. The number of nitrogens with zero attached hydrogens (tertiary/aromatic N) is 2. The zero-order chi connectivity index (χ0) is 18.1. The van der Waals surface area contributed by atoms with Gasteiger partial charge in [-0.05, 0) is 44.0 Å². The van der Waals surface area contributed by atoms with Crippen LogP contribution < -0.4 is 4.31 Å². The number of rotatable bonds is 5. The predicted octanol–water partition coefficient (Wildman–Crippen LogP) is 4.08. The molecule has 0 unspecified atom stereocenters. The molecular weight excluding hydrogens is 352 g/mol. The maximum atomic E-state index is 13.1. The number of hydrogen-bond acceptors (Lipinski definition) is 4. The Kier molecular flexibility index (Phi) is 5.15. The van der Waals surface area contributed by atoms with E-state index in [1.54, 1.807) is 39.0 Å². The average molecular weight is 369 g/mol. The number of benzene rings is 2. The minimum Gasteiger partial charge on any atom is -0.266 e. The number of halogens is 1. The van der Waals surface area contributed by atoms with Gasteiger partial charge in [-0.1, -0.05) is 23.7 Å². The van der Waals surface area contributed by atoms with Crippen molar-refractivity contribution in [1.29, 1.82) is 0 Å². The van der Waals surface area contributed by atoms with Crippen LogP contribution in [0.15, 0.2) is 41.3 Å². The van der Waals surface area contributed by atoms with Crippen molar-refractivity contribution in [2.24, 2.45) is 0 Å². The van der Waals surface area contributed by atoms with Crippen LogP contribution in [0.4, 0.5) is 11.4 Å². The highest BCUT2D eigenvalue weighted by atomic mass is 35.5. The van der Waals surface area contributed by atoms with E-state index in [4.69, 9.17) is 11.6 Å². The highest BCUT2D eigenvalue weighted by molar-refractivity contribution is 7.92. The second-order valence-corrected chi connectivity index (χ2v) is 7.57.